The molecule has 0 atom stereocenters. The first-order valence-electron chi connectivity index (χ1n) is 7.67. The molecule has 0 unspecified atom stereocenters. The van der Waals surface area contributed by atoms with Crippen LogP contribution in [0.15, 0.2) is 12.2 Å². The molecule has 158 valence electrons. The molecule has 0 spiro atoms. The van der Waals surface area contributed by atoms with E-state index in [-0.39, 0.29) is 6.61 Å². The van der Waals surface area contributed by atoms with Gasteiger partial charge in [-0.2, -0.15) is 26.3 Å². The maximum absolute atomic E-state index is 13.1. The standard InChI is InChI=1S/C15H18F8O4/c1-2-3-4-5-8-26-10(24)6-7-11(25)27-9-13(18,19)15(22,23)14(20,21)12(16)17/h4-5,12H,2-3,6-9H2,1H3/b5-4-. The summed E-state index contributed by atoms with van der Waals surface area (Å²) in [5.41, 5.74) is 0. The molecule has 0 bridgehead atoms. The van der Waals surface area contributed by atoms with Gasteiger partial charge in [0.15, 0.2) is 6.61 Å². The van der Waals surface area contributed by atoms with Gasteiger partial charge in [-0.1, -0.05) is 25.5 Å². The van der Waals surface area contributed by atoms with Gasteiger partial charge in [0.05, 0.1) is 12.8 Å². The maximum atomic E-state index is 13.1. The third-order valence-corrected chi connectivity index (χ3v) is 3.06. The highest BCUT2D eigenvalue weighted by molar-refractivity contribution is 5.77. The van der Waals surface area contributed by atoms with Crippen LogP contribution in [0.1, 0.15) is 32.6 Å². The van der Waals surface area contributed by atoms with E-state index < -0.39 is 55.6 Å². The quantitative estimate of drug-likeness (QED) is 0.270. The number of carbonyl (C=O) groups is 2. The summed E-state index contributed by atoms with van der Waals surface area (Å²) in [5, 5.41) is 0. The van der Waals surface area contributed by atoms with Gasteiger partial charge in [0, 0.05) is 0 Å². The second-order valence-electron chi connectivity index (χ2n) is 5.31. The Bertz CT molecular complexity index is 520. The Hall–Kier alpha value is -1.88. The van der Waals surface area contributed by atoms with Crippen LogP contribution in [0.3, 0.4) is 0 Å². The number of halogens is 8. The fraction of sp³-hybridized carbons (Fsp3) is 0.733. The lowest BCUT2D eigenvalue weighted by Gasteiger charge is -2.31. The first kappa shape index (κ1) is 25.1. The molecule has 0 aromatic rings. The molecule has 0 saturated carbocycles. The van der Waals surface area contributed by atoms with Crippen molar-refractivity contribution < 1.29 is 54.2 Å². The second-order valence-corrected chi connectivity index (χ2v) is 5.31. The topological polar surface area (TPSA) is 52.6 Å². The van der Waals surface area contributed by atoms with Crippen LogP contribution in [0.2, 0.25) is 0 Å². The van der Waals surface area contributed by atoms with Crippen molar-refractivity contribution in [1.82, 2.24) is 0 Å². The van der Waals surface area contributed by atoms with Crippen LogP contribution in [-0.2, 0) is 19.1 Å². The number of carbonyl (C=O) groups excluding carboxylic acids is 2. The molecule has 12 heteroatoms. The molecule has 0 amide bonds. The summed E-state index contributed by atoms with van der Waals surface area (Å²) in [5.74, 6) is -21.1. The summed E-state index contributed by atoms with van der Waals surface area (Å²) >= 11 is 0. The smallest absolute Gasteiger partial charge is 0.381 e. The molecule has 0 rings (SSSR count). The van der Waals surface area contributed by atoms with Crippen molar-refractivity contribution >= 4 is 11.9 Å². The third-order valence-electron chi connectivity index (χ3n) is 3.06. The van der Waals surface area contributed by atoms with Crippen molar-refractivity contribution in [3.63, 3.8) is 0 Å². The molecular formula is C15H18F8O4. The van der Waals surface area contributed by atoms with Crippen LogP contribution in [0, 0.1) is 0 Å². The Morgan fingerprint density at radius 3 is 1.93 bits per heavy atom. The van der Waals surface area contributed by atoms with Crippen molar-refractivity contribution in [3.8, 4) is 0 Å². The summed E-state index contributed by atoms with van der Waals surface area (Å²) in [7, 11) is 0. The van der Waals surface area contributed by atoms with E-state index in [0.29, 0.717) is 0 Å². The molecule has 0 fully saturated rings. The van der Waals surface area contributed by atoms with Gasteiger partial charge in [0.25, 0.3) is 0 Å². The molecule has 27 heavy (non-hydrogen) atoms. The zero-order chi connectivity index (χ0) is 21.3. The van der Waals surface area contributed by atoms with Gasteiger partial charge in [-0.15, -0.1) is 0 Å². The van der Waals surface area contributed by atoms with Crippen LogP contribution >= 0.6 is 0 Å². The minimum absolute atomic E-state index is 0.110. The van der Waals surface area contributed by atoms with Gasteiger partial charge >= 0.3 is 36.1 Å². The SMILES string of the molecule is CCC/C=C\COC(=O)CCC(=O)OCC(F)(F)C(F)(F)C(F)(F)C(F)F. The molecule has 0 aromatic carbocycles. The highest BCUT2D eigenvalue weighted by atomic mass is 19.4. The summed E-state index contributed by atoms with van der Waals surface area (Å²) in [6.45, 7) is -0.757. The van der Waals surface area contributed by atoms with Gasteiger partial charge in [-0.3, -0.25) is 9.59 Å². The van der Waals surface area contributed by atoms with Crippen molar-refractivity contribution in [2.75, 3.05) is 13.2 Å². The molecule has 0 aliphatic carbocycles. The number of ether oxygens (including phenoxy) is 2. The van der Waals surface area contributed by atoms with Crippen molar-refractivity contribution in [1.29, 1.82) is 0 Å². The Labute approximate surface area is 149 Å². The zero-order valence-corrected chi connectivity index (χ0v) is 14.1. The van der Waals surface area contributed by atoms with Crippen LogP contribution < -0.4 is 0 Å². The van der Waals surface area contributed by atoms with E-state index >= 15 is 0 Å². The normalized spacial score (nSPS) is 13.3. The van der Waals surface area contributed by atoms with Gasteiger partial charge in [-0.05, 0) is 6.42 Å². The first-order valence-corrected chi connectivity index (χ1v) is 7.67. The average Bonchev–Trinajstić information content (AvgIpc) is 2.57. The van der Waals surface area contributed by atoms with Crippen LogP contribution in [-0.4, -0.2) is 49.3 Å². The average molecular weight is 414 g/mol. The van der Waals surface area contributed by atoms with E-state index in [1.165, 1.54) is 6.08 Å². The number of alkyl halides is 8. The number of rotatable bonds is 12. The Morgan fingerprint density at radius 1 is 0.926 bits per heavy atom. The largest absolute Gasteiger partial charge is 0.461 e. The van der Waals surface area contributed by atoms with E-state index in [1.807, 2.05) is 6.92 Å². The predicted octanol–water partition coefficient (Wildman–Crippen LogP) is 4.38. The van der Waals surface area contributed by atoms with Crippen LogP contribution in [0.4, 0.5) is 35.1 Å². The number of allylic oxidation sites excluding steroid dienone is 1. The number of hydrogen-bond acceptors (Lipinski definition) is 4. The molecule has 0 aliphatic rings. The molecule has 0 radical (unpaired) electrons. The second kappa shape index (κ2) is 10.5. The van der Waals surface area contributed by atoms with Crippen molar-refractivity contribution in [2.45, 2.75) is 56.8 Å². The minimum Gasteiger partial charge on any atom is -0.461 e. The molecular weight excluding hydrogens is 396 g/mol. The first-order chi connectivity index (χ1) is 12.3. The van der Waals surface area contributed by atoms with Crippen LogP contribution in [0.25, 0.3) is 0 Å². The summed E-state index contributed by atoms with van der Waals surface area (Å²) in [6.07, 6.45) is -1.71. The van der Waals surface area contributed by atoms with E-state index in [2.05, 4.69) is 9.47 Å². The minimum atomic E-state index is -6.46. The van der Waals surface area contributed by atoms with E-state index in [1.54, 1.807) is 6.08 Å². The fourth-order valence-corrected chi connectivity index (χ4v) is 1.48. The van der Waals surface area contributed by atoms with Crippen molar-refractivity contribution in [3.05, 3.63) is 12.2 Å². The Kier molecular flexibility index (Phi) is 9.73. The molecule has 4 nitrogen and oxygen atoms in total. The summed E-state index contributed by atoms with van der Waals surface area (Å²) < 4.78 is 110. The third kappa shape index (κ3) is 7.33. The Morgan fingerprint density at radius 2 is 1.44 bits per heavy atom. The van der Waals surface area contributed by atoms with E-state index in [9.17, 15) is 44.7 Å². The molecule has 0 aliphatic heterocycles. The van der Waals surface area contributed by atoms with Gasteiger partial charge in [-0.25, -0.2) is 8.78 Å². The van der Waals surface area contributed by atoms with Gasteiger partial charge in [0.1, 0.15) is 6.61 Å². The van der Waals surface area contributed by atoms with Crippen LogP contribution in [0.5, 0.6) is 0 Å². The fourth-order valence-electron chi connectivity index (χ4n) is 1.48. The van der Waals surface area contributed by atoms with E-state index in [4.69, 9.17) is 0 Å². The molecule has 0 aromatic heterocycles. The number of unbranched alkanes of at least 4 members (excludes halogenated alkanes) is 1. The highest BCUT2D eigenvalue weighted by Crippen LogP contribution is 2.48. The molecule has 0 saturated heterocycles. The lowest BCUT2D eigenvalue weighted by Crippen LogP contribution is -2.59. The van der Waals surface area contributed by atoms with Gasteiger partial charge < -0.3 is 9.47 Å². The number of esters is 2. The lowest BCUT2D eigenvalue weighted by molar-refractivity contribution is -0.344. The lowest BCUT2D eigenvalue weighted by atomic mass is 10.1. The number of hydrogen-bond donors (Lipinski definition) is 0. The zero-order valence-electron chi connectivity index (χ0n) is 14.1. The predicted molar refractivity (Wildman–Crippen MR) is 76.0 cm³/mol. The van der Waals surface area contributed by atoms with E-state index in [0.717, 1.165) is 12.8 Å². The molecule has 0 heterocycles. The van der Waals surface area contributed by atoms with Crippen molar-refractivity contribution in [2.24, 2.45) is 0 Å². The van der Waals surface area contributed by atoms with Gasteiger partial charge in [0.2, 0.25) is 0 Å². The summed E-state index contributed by atoms with van der Waals surface area (Å²) in [4.78, 5) is 22.4. The molecule has 0 N–H and O–H groups in total. The summed E-state index contributed by atoms with van der Waals surface area (Å²) in [6, 6.07) is 0. The Balaban J connectivity index is 4.46. The highest BCUT2D eigenvalue weighted by Gasteiger charge is 2.75. The maximum Gasteiger partial charge on any atom is 0.381 e. The monoisotopic (exact) mass is 414 g/mol.